The second kappa shape index (κ2) is 11.2. The van der Waals surface area contributed by atoms with Crippen molar-refractivity contribution in [2.45, 2.75) is 6.10 Å². The minimum absolute atomic E-state index is 0.617. The molecule has 1 atom stereocenters. The standard InChI is InChI=1S/C11H8Br2N2O.C6H10O/c12-8-1-2-9(10(13)3-8)11(16)7-4-14-6-15-5-7;1-3-5-7-6-4-2/h1-6,11,16H;3-4H,1-2,5-6H2. The van der Waals surface area contributed by atoms with Gasteiger partial charge in [0.15, 0.2) is 0 Å². The molecular formula is C17H18Br2N2O2. The molecular weight excluding hydrogens is 424 g/mol. The van der Waals surface area contributed by atoms with Crippen LogP contribution in [0.1, 0.15) is 17.2 Å². The molecule has 0 aliphatic rings. The first-order valence-corrected chi connectivity index (χ1v) is 8.36. The summed E-state index contributed by atoms with van der Waals surface area (Å²) in [6, 6.07) is 5.63. The van der Waals surface area contributed by atoms with Gasteiger partial charge in [0, 0.05) is 26.9 Å². The van der Waals surface area contributed by atoms with Crippen LogP contribution in [-0.2, 0) is 4.74 Å². The Bertz CT molecular complexity index is 613. The average Bonchev–Trinajstić information content (AvgIpc) is 2.56. The number of ether oxygens (including phenoxy) is 1. The van der Waals surface area contributed by atoms with Gasteiger partial charge >= 0.3 is 0 Å². The molecule has 1 aromatic carbocycles. The molecule has 0 fully saturated rings. The maximum absolute atomic E-state index is 10.1. The number of hydrogen-bond donors (Lipinski definition) is 1. The van der Waals surface area contributed by atoms with E-state index < -0.39 is 6.10 Å². The summed E-state index contributed by atoms with van der Waals surface area (Å²) < 4.78 is 6.70. The van der Waals surface area contributed by atoms with Gasteiger partial charge < -0.3 is 9.84 Å². The normalized spacial score (nSPS) is 11.1. The number of aromatic nitrogens is 2. The van der Waals surface area contributed by atoms with E-state index in [9.17, 15) is 5.11 Å². The largest absolute Gasteiger partial charge is 0.383 e. The molecule has 23 heavy (non-hydrogen) atoms. The number of aliphatic hydroxyl groups excluding tert-OH is 1. The summed E-state index contributed by atoms with van der Waals surface area (Å²) in [5.41, 5.74) is 1.46. The lowest BCUT2D eigenvalue weighted by Crippen LogP contribution is -2.01. The van der Waals surface area contributed by atoms with Crippen LogP contribution in [0.2, 0.25) is 0 Å². The smallest absolute Gasteiger partial charge is 0.115 e. The Kier molecular flexibility index (Phi) is 9.63. The summed E-state index contributed by atoms with van der Waals surface area (Å²) in [7, 11) is 0. The number of hydrogen-bond acceptors (Lipinski definition) is 4. The van der Waals surface area contributed by atoms with Gasteiger partial charge in [0.05, 0.1) is 13.2 Å². The van der Waals surface area contributed by atoms with Crippen molar-refractivity contribution in [1.82, 2.24) is 9.97 Å². The van der Waals surface area contributed by atoms with Crippen LogP contribution in [0.3, 0.4) is 0 Å². The summed E-state index contributed by atoms with van der Waals surface area (Å²) in [5, 5.41) is 10.1. The predicted octanol–water partition coefficient (Wildman–Crippen LogP) is 4.46. The van der Waals surface area contributed by atoms with Crippen LogP contribution in [0, 0.1) is 0 Å². The second-order valence-electron chi connectivity index (χ2n) is 4.35. The molecule has 2 rings (SSSR count). The van der Waals surface area contributed by atoms with Gasteiger partial charge in [-0.1, -0.05) is 50.1 Å². The van der Waals surface area contributed by atoms with E-state index in [2.05, 4.69) is 55.0 Å². The van der Waals surface area contributed by atoms with E-state index in [1.807, 2.05) is 18.2 Å². The highest BCUT2D eigenvalue weighted by molar-refractivity contribution is 9.11. The molecule has 4 nitrogen and oxygen atoms in total. The number of rotatable bonds is 6. The van der Waals surface area contributed by atoms with Crippen molar-refractivity contribution >= 4 is 31.9 Å². The van der Waals surface area contributed by atoms with Gasteiger partial charge in [0.25, 0.3) is 0 Å². The van der Waals surface area contributed by atoms with Gasteiger partial charge in [0.1, 0.15) is 12.4 Å². The fourth-order valence-electron chi connectivity index (χ4n) is 1.59. The minimum atomic E-state index is -0.719. The average molecular weight is 442 g/mol. The molecule has 1 unspecified atom stereocenters. The lowest BCUT2D eigenvalue weighted by atomic mass is 10.0. The fraction of sp³-hybridized carbons (Fsp3) is 0.176. The number of aliphatic hydroxyl groups is 1. The van der Waals surface area contributed by atoms with E-state index in [-0.39, 0.29) is 0 Å². The first-order chi connectivity index (χ1) is 11.1. The highest BCUT2D eigenvalue weighted by atomic mass is 79.9. The Balaban J connectivity index is 0.000000322. The van der Waals surface area contributed by atoms with Crippen molar-refractivity contribution in [3.8, 4) is 0 Å². The number of benzene rings is 1. The molecule has 6 heteroatoms. The topological polar surface area (TPSA) is 55.2 Å². The predicted molar refractivity (Wildman–Crippen MR) is 99.1 cm³/mol. The van der Waals surface area contributed by atoms with Crippen molar-refractivity contribution in [2.24, 2.45) is 0 Å². The van der Waals surface area contributed by atoms with Gasteiger partial charge in [-0.05, 0) is 17.7 Å². The first kappa shape index (κ1) is 19.7. The Morgan fingerprint density at radius 2 is 1.74 bits per heavy atom. The molecule has 0 spiro atoms. The zero-order valence-corrected chi connectivity index (χ0v) is 15.7. The van der Waals surface area contributed by atoms with Crippen molar-refractivity contribution < 1.29 is 9.84 Å². The Morgan fingerprint density at radius 1 is 1.13 bits per heavy atom. The monoisotopic (exact) mass is 440 g/mol. The van der Waals surface area contributed by atoms with Crippen LogP contribution >= 0.6 is 31.9 Å². The van der Waals surface area contributed by atoms with E-state index in [1.54, 1.807) is 24.5 Å². The lowest BCUT2D eigenvalue weighted by molar-refractivity contribution is 0.194. The maximum Gasteiger partial charge on any atom is 0.115 e. The Morgan fingerprint density at radius 3 is 2.26 bits per heavy atom. The van der Waals surface area contributed by atoms with Crippen LogP contribution in [0.4, 0.5) is 0 Å². The lowest BCUT2D eigenvalue weighted by Gasteiger charge is -2.12. The van der Waals surface area contributed by atoms with Crippen molar-refractivity contribution in [3.05, 3.63) is 82.3 Å². The molecule has 0 aliphatic carbocycles. The van der Waals surface area contributed by atoms with E-state index in [4.69, 9.17) is 4.74 Å². The molecule has 1 heterocycles. The molecule has 1 aromatic heterocycles. The molecule has 0 bridgehead atoms. The quantitative estimate of drug-likeness (QED) is 0.531. The van der Waals surface area contributed by atoms with E-state index in [0.29, 0.717) is 18.8 Å². The number of halogens is 2. The maximum atomic E-state index is 10.1. The van der Waals surface area contributed by atoms with Gasteiger partial charge in [-0.25, -0.2) is 9.97 Å². The van der Waals surface area contributed by atoms with Crippen molar-refractivity contribution in [2.75, 3.05) is 13.2 Å². The summed E-state index contributed by atoms with van der Waals surface area (Å²) >= 11 is 6.78. The highest BCUT2D eigenvalue weighted by Crippen LogP contribution is 2.30. The van der Waals surface area contributed by atoms with Crippen LogP contribution in [0.25, 0.3) is 0 Å². The van der Waals surface area contributed by atoms with Crippen LogP contribution in [0.5, 0.6) is 0 Å². The van der Waals surface area contributed by atoms with Crippen LogP contribution < -0.4 is 0 Å². The number of nitrogens with zero attached hydrogens (tertiary/aromatic N) is 2. The summed E-state index contributed by atoms with van der Waals surface area (Å²) in [6.45, 7) is 8.18. The molecule has 0 radical (unpaired) electrons. The molecule has 0 saturated heterocycles. The van der Waals surface area contributed by atoms with E-state index in [0.717, 1.165) is 14.5 Å². The fourth-order valence-corrected chi connectivity index (χ4v) is 2.85. The Hall–Kier alpha value is -1.34. The summed E-state index contributed by atoms with van der Waals surface area (Å²) in [6.07, 6.45) is 7.35. The van der Waals surface area contributed by atoms with E-state index in [1.165, 1.54) is 6.33 Å². The molecule has 0 amide bonds. The molecule has 1 N–H and O–H groups in total. The minimum Gasteiger partial charge on any atom is -0.383 e. The third kappa shape index (κ3) is 7.18. The molecule has 2 aromatic rings. The van der Waals surface area contributed by atoms with Gasteiger partial charge in [-0.15, -0.1) is 13.2 Å². The zero-order chi connectivity index (χ0) is 17.1. The van der Waals surface area contributed by atoms with Gasteiger partial charge in [-0.3, -0.25) is 0 Å². The van der Waals surface area contributed by atoms with Crippen molar-refractivity contribution in [3.63, 3.8) is 0 Å². The Labute approximate surface area is 153 Å². The molecule has 122 valence electrons. The molecule has 0 saturated carbocycles. The van der Waals surface area contributed by atoms with Gasteiger partial charge in [0.2, 0.25) is 0 Å². The van der Waals surface area contributed by atoms with Crippen LogP contribution in [-0.4, -0.2) is 28.3 Å². The molecule has 0 aliphatic heterocycles. The zero-order valence-electron chi connectivity index (χ0n) is 12.5. The van der Waals surface area contributed by atoms with E-state index >= 15 is 0 Å². The second-order valence-corrected chi connectivity index (χ2v) is 6.13. The summed E-state index contributed by atoms with van der Waals surface area (Å²) in [5.74, 6) is 0. The summed E-state index contributed by atoms with van der Waals surface area (Å²) in [4.78, 5) is 7.77. The SMILES string of the molecule is C=CCOCC=C.OC(c1cncnc1)c1ccc(Br)cc1Br. The van der Waals surface area contributed by atoms with Gasteiger partial charge in [-0.2, -0.15) is 0 Å². The van der Waals surface area contributed by atoms with Crippen molar-refractivity contribution in [1.29, 1.82) is 0 Å². The van der Waals surface area contributed by atoms with Crippen LogP contribution in [0.15, 0.2) is 71.2 Å². The first-order valence-electron chi connectivity index (χ1n) is 6.77. The third-order valence-electron chi connectivity index (χ3n) is 2.62. The third-order valence-corrected chi connectivity index (χ3v) is 3.80. The highest BCUT2D eigenvalue weighted by Gasteiger charge is 2.14.